The third kappa shape index (κ3) is 2.57. The lowest BCUT2D eigenvalue weighted by molar-refractivity contribution is 0.0822. The fourth-order valence-corrected chi connectivity index (χ4v) is 1.78. The summed E-state index contributed by atoms with van der Waals surface area (Å²) in [7, 11) is 3.46. The van der Waals surface area contributed by atoms with Crippen molar-refractivity contribution < 1.29 is 4.79 Å². The molecule has 1 amide bonds. The average molecular weight is 233 g/mol. The molecule has 4 heteroatoms. The van der Waals surface area contributed by atoms with E-state index in [-0.39, 0.29) is 5.91 Å². The first-order valence-corrected chi connectivity index (χ1v) is 5.84. The lowest BCUT2D eigenvalue weighted by Crippen LogP contribution is -2.23. The maximum atomic E-state index is 11.8. The molecule has 0 aliphatic heterocycles. The quantitative estimate of drug-likeness (QED) is 0.868. The number of carbonyl (C=O) groups is 1. The van der Waals surface area contributed by atoms with Crippen LogP contribution < -0.4 is 5.32 Å². The Morgan fingerprint density at radius 1 is 1.53 bits per heavy atom. The zero-order valence-electron chi connectivity index (χ0n) is 10.8. The van der Waals surface area contributed by atoms with Crippen molar-refractivity contribution in [3.63, 3.8) is 0 Å². The molecule has 1 heterocycles. The minimum absolute atomic E-state index is 0.0660. The first-order valence-electron chi connectivity index (χ1n) is 5.84. The molecule has 4 nitrogen and oxygen atoms in total. The van der Waals surface area contributed by atoms with Gasteiger partial charge in [0.25, 0.3) is 5.91 Å². The highest BCUT2D eigenvalue weighted by Crippen LogP contribution is 2.46. The standard InChI is InChI=1S/C13H19N3O/c1-13(2)8-11(13)15-9-5-6-14-10(7-9)12(17)16(3)4/h5-7,11H,8H2,1-4H3,(H,14,15). The van der Waals surface area contributed by atoms with Gasteiger partial charge in [-0.1, -0.05) is 13.8 Å². The van der Waals surface area contributed by atoms with Crippen molar-refractivity contribution in [2.75, 3.05) is 19.4 Å². The summed E-state index contributed by atoms with van der Waals surface area (Å²) in [5.41, 5.74) is 1.83. The van der Waals surface area contributed by atoms with E-state index in [1.807, 2.05) is 12.1 Å². The lowest BCUT2D eigenvalue weighted by Gasteiger charge is -2.12. The average Bonchev–Trinajstić information content (AvgIpc) is 2.85. The third-order valence-corrected chi connectivity index (χ3v) is 3.24. The molecule has 0 spiro atoms. The number of nitrogens with one attached hydrogen (secondary N) is 1. The Morgan fingerprint density at radius 2 is 2.18 bits per heavy atom. The summed E-state index contributed by atoms with van der Waals surface area (Å²) in [5.74, 6) is -0.0660. The Hall–Kier alpha value is -1.58. The van der Waals surface area contributed by atoms with E-state index in [2.05, 4.69) is 24.1 Å². The van der Waals surface area contributed by atoms with Crippen molar-refractivity contribution in [2.24, 2.45) is 5.41 Å². The second-order valence-electron chi connectivity index (χ2n) is 5.52. The molecule has 1 fully saturated rings. The summed E-state index contributed by atoms with van der Waals surface area (Å²) in [6.45, 7) is 4.47. The fraction of sp³-hybridized carbons (Fsp3) is 0.538. The molecule has 0 bridgehead atoms. The fourth-order valence-electron chi connectivity index (χ4n) is 1.78. The van der Waals surface area contributed by atoms with Crippen LogP contribution in [-0.2, 0) is 0 Å². The number of nitrogens with zero attached hydrogens (tertiary/aromatic N) is 2. The van der Waals surface area contributed by atoms with E-state index in [0.29, 0.717) is 17.2 Å². The number of pyridine rings is 1. The first kappa shape index (κ1) is 11.9. The van der Waals surface area contributed by atoms with Gasteiger partial charge < -0.3 is 10.2 Å². The summed E-state index contributed by atoms with van der Waals surface area (Å²) < 4.78 is 0. The summed E-state index contributed by atoms with van der Waals surface area (Å²) in [6, 6.07) is 4.23. The van der Waals surface area contributed by atoms with Gasteiger partial charge in [-0.05, 0) is 24.0 Å². The van der Waals surface area contributed by atoms with E-state index in [9.17, 15) is 4.79 Å². The van der Waals surface area contributed by atoms with Gasteiger partial charge >= 0.3 is 0 Å². The molecule has 0 aromatic carbocycles. The van der Waals surface area contributed by atoms with Crippen LogP contribution in [0.15, 0.2) is 18.3 Å². The molecule has 1 aliphatic rings. The van der Waals surface area contributed by atoms with Crippen LogP contribution >= 0.6 is 0 Å². The molecule has 1 N–H and O–H groups in total. The Morgan fingerprint density at radius 3 is 2.71 bits per heavy atom. The van der Waals surface area contributed by atoms with E-state index >= 15 is 0 Å². The maximum absolute atomic E-state index is 11.8. The van der Waals surface area contributed by atoms with E-state index in [4.69, 9.17) is 0 Å². The van der Waals surface area contributed by atoms with Crippen molar-refractivity contribution in [3.05, 3.63) is 24.0 Å². The highest BCUT2D eigenvalue weighted by atomic mass is 16.2. The minimum Gasteiger partial charge on any atom is -0.382 e. The van der Waals surface area contributed by atoms with Crippen LogP contribution in [0.5, 0.6) is 0 Å². The van der Waals surface area contributed by atoms with Crippen LogP contribution in [0.2, 0.25) is 0 Å². The van der Waals surface area contributed by atoms with Crippen LogP contribution in [0.1, 0.15) is 30.8 Å². The highest BCUT2D eigenvalue weighted by molar-refractivity contribution is 5.92. The predicted molar refractivity (Wildman–Crippen MR) is 68.1 cm³/mol. The molecular weight excluding hydrogens is 214 g/mol. The summed E-state index contributed by atoms with van der Waals surface area (Å²) >= 11 is 0. The predicted octanol–water partition coefficient (Wildman–Crippen LogP) is 1.99. The van der Waals surface area contributed by atoms with Gasteiger partial charge in [-0.15, -0.1) is 0 Å². The number of rotatable bonds is 3. The molecular formula is C13H19N3O. The topological polar surface area (TPSA) is 45.2 Å². The Bertz CT molecular complexity index is 440. The monoisotopic (exact) mass is 233 g/mol. The molecule has 1 aromatic heterocycles. The zero-order valence-corrected chi connectivity index (χ0v) is 10.8. The van der Waals surface area contributed by atoms with Gasteiger partial charge in [0.05, 0.1) is 0 Å². The Kier molecular flexibility index (Phi) is 2.81. The molecule has 1 aromatic rings. The Labute approximate surface area is 102 Å². The molecule has 17 heavy (non-hydrogen) atoms. The molecule has 2 rings (SSSR count). The first-order chi connectivity index (χ1) is 7.90. The molecule has 92 valence electrons. The number of aromatic nitrogens is 1. The Balaban J connectivity index is 2.10. The molecule has 1 unspecified atom stereocenters. The lowest BCUT2D eigenvalue weighted by atomic mass is 10.2. The zero-order chi connectivity index (χ0) is 12.6. The van der Waals surface area contributed by atoms with Crippen LogP contribution in [0.25, 0.3) is 0 Å². The van der Waals surface area contributed by atoms with Gasteiger partial charge in [0, 0.05) is 32.0 Å². The molecule has 1 atom stereocenters. The molecule has 1 saturated carbocycles. The number of anilines is 1. The van der Waals surface area contributed by atoms with Crippen molar-refractivity contribution in [2.45, 2.75) is 26.3 Å². The normalized spacial score (nSPS) is 20.8. The second-order valence-corrected chi connectivity index (χ2v) is 5.52. The van der Waals surface area contributed by atoms with Crippen molar-refractivity contribution in [3.8, 4) is 0 Å². The van der Waals surface area contributed by atoms with Gasteiger partial charge in [0.15, 0.2) is 0 Å². The van der Waals surface area contributed by atoms with Gasteiger partial charge in [0.2, 0.25) is 0 Å². The number of carbonyl (C=O) groups excluding carboxylic acids is 1. The molecule has 1 aliphatic carbocycles. The van der Waals surface area contributed by atoms with Crippen molar-refractivity contribution in [1.82, 2.24) is 9.88 Å². The van der Waals surface area contributed by atoms with Gasteiger partial charge in [-0.25, -0.2) is 0 Å². The van der Waals surface area contributed by atoms with Crippen LogP contribution in [0, 0.1) is 5.41 Å². The summed E-state index contributed by atoms with van der Waals surface area (Å²) in [6.07, 6.45) is 2.85. The van der Waals surface area contributed by atoms with Gasteiger partial charge in [-0.3, -0.25) is 9.78 Å². The largest absolute Gasteiger partial charge is 0.382 e. The third-order valence-electron chi connectivity index (χ3n) is 3.24. The van der Waals surface area contributed by atoms with Crippen LogP contribution in [0.4, 0.5) is 5.69 Å². The molecule has 0 saturated heterocycles. The van der Waals surface area contributed by atoms with E-state index in [1.54, 1.807) is 20.3 Å². The number of amides is 1. The van der Waals surface area contributed by atoms with E-state index < -0.39 is 0 Å². The van der Waals surface area contributed by atoms with Gasteiger partial charge in [-0.2, -0.15) is 0 Å². The number of hydrogen-bond acceptors (Lipinski definition) is 3. The number of hydrogen-bond donors (Lipinski definition) is 1. The SMILES string of the molecule is CN(C)C(=O)c1cc(NC2CC2(C)C)ccn1. The summed E-state index contributed by atoms with van der Waals surface area (Å²) in [4.78, 5) is 17.4. The van der Waals surface area contributed by atoms with Crippen molar-refractivity contribution in [1.29, 1.82) is 0 Å². The van der Waals surface area contributed by atoms with E-state index in [1.165, 1.54) is 11.3 Å². The van der Waals surface area contributed by atoms with Crippen LogP contribution in [-0.4, -0.2) is 35.9 Å². The van der Waals surface area contributed by atoms with Crippen LogP contribution in [0.3, 0.4) is 0 Å². The minimum atomic E-state index is -0.0660. The van der Waals surface area contributed by atoms with Gasteiger partial charge in [0.1, 0.15) is 5.69 Å². The maximum Gasteiger partial charge on any atom is 0.272 e. The summed E-state index contributed by atoms with van der Waals surface area (Å²) in [5, 5.41) is 3.43. The van der Waals surface area contributed by atoms with E-state index in [0.717, 1.165) is 5.69 Å². The second kappa shape index (κ2) is 4.02. The van der Waals surface area contributed by atoms with Crippen molar-refractivity contribution >= 4 is 11.6 Å². The highest BCUT2D eigenvalue weighted by Gasteiger charge is 2.45. The molecule has 0 radical (unpaired) electrons. The smallest absolute Gasteiger partial charge is 0.272 e.